The Balaban J connectivity index is 1.72. The van der Waals surface area contributed by atoms with Gasteiger partial charge in [-0.05, 0) is 55.7 Å². The summed E-state index contributed by atoms with van der Waals surface area (Å²) in [6.07, 6.45) is 0.798. The van der Waals surface area contributed by atoms with Crippen molar-refractivity contribution in [1.29, 1.82) is 0 Å². The molecule has 0 saturated carbocycles. The normalized spacial score (nSPS) is 12.0. The number of oxazole rings is 1. The summed E-state index contributed by atoms with van der Waals surface area (Å²) in [5.74, 6) is -0.929. The van der Waals surface area contributed by atoms with Crippen LogP contribution >= 0.6 is 0 Å². The number of aromatic nitrogens is 1. The van der Waals surface area contributed by atoms with Crippen LogP contribution < -0.4 is 5.32 Å². The fourth-order valence-electron chi connectivity index (χ4n) is 2.59. The molecule has 1 N–H and O–H groups in total. The van der Waals surface area contributed by atoms with Crippen LogP contribution in [0.1, 0.15) is 34.8 Å². The number of nitrogens with one attached hydrogen (secondary N) is 1. The molecule has 1 heterocycles. The van der Waals surface area contributed by atoms with Crippen molar-refractivity contribution >= 4 is 28.7 Å². The molecule has 2 aromatic carbocycles. The zero-order chi connectivity index (χ0) is 18.7. The van der Waals surface area contributed by atoms with E-state index in [0.29, 0.717) is 28.8 Å². The molecule has 26 heavy (non-hydrogen) atoms. The second-order valence-electron chi connectivity index (χ2n) is 6.14. The highest BCUT2D eigenvalue weighted by atomic mass is 16.5. The number of esters is 1. The highest BCUT2D eigenvalue weighted by molar-refractivity contribution is 5.98. The number of carbonyl (C=O) groups is 2. The second-order valence-corrected chi connectivity index (χ2v) is 6.14. The molecule has 3 aromatic rings. The Bertz CT molecular complexity index is 961. The van der Waals surface area contributed by atoms with Crippen molar-refractivity contribution in [1.82, 2.24) is 4.98 Å². The highest BCUT2D eigenvalue weighted by Gasteiger charge is 2.23. The van der Waals surface area contributed by atoms with Crippen molar-refractivity contribution in [2.24, 2.45) is 0 Å². The monoisotopic (exact) mass is 352 g/mol. The molecule has 1 aromatic heterocycles. The van der Waals surface area contributed by atoms with Gasteiger partial charge in [0, 0.05) is 5.69 Å². The number of amides is 1. The number of carbonyl (C=O) groups excluding carboxylic acids is 2. The van der Waals surface area contributed by atoms with Gasteiger partial charge < -0.3 is 14.5 Å². The molecule has 1 unspecified atom stereocenters. The Morgan fingerprint density at radius 3 is 2.77 bits per heavy atom. The van der Waals surface area contributed by atoms with Gasteiger partial charge in [-0.25, -0.2) is 9.78 Å². The molecule has 0 aliphatic rings. The van der Waals surface area contributed by atoms with Crippen LogP contribution in [0.2, 0.25) is 0 Å². The summed E-state index contributed by atoms with van der Waals surface area (Å²) in [5.41, 5.74) is 4.16. The molecule has 0 fully saturated rings. The van der Waals surface area contributed by atoms with E-state index < -0.39 is 12.1 Å². The van der Waals surface area contributed by atoms with Crippen LogP contribution in [0.3, 0.4) is 0 Å². The topological polar surface area (TPSA) is 81.4 Å². The number of fused-ring (bicyclic) bond motifs is 1. The van der Waals surface area contributed by atoms with Crippen molar-refractivity contribution in [2.75, 3.05) is 5.32 Å². The lowest BCUT2D eigenvalue weighted by Gasteiger charge is -2.17. The van der Waals surface area contributed by atoms with Crippen molar-refractivity contribution in [3.8, 4) is 0 Å². The third-order valence-corrected chi connectivity index (χ3v) is 4.13. The van der Waals surface area contributed by atoms with Gasteiger partial charge in [0.15, 0.2) is 18.1 Å². The van der Waals surface area contributed by atoms with Gasteiger partial charge in [-0.3, -0.25) is 4.79 Å². The molecule has 1 amide bonds. The SMILES string of the molecule is CCC(OC(=O)c1ccc2ncoc2c1)C(=O)Nc1cc(C)ccc1C. The third-order valence-electron chi connectivity index (χ3n) is 4.13. The first-order valence-corrected chi connectivity index (χ1v) is 8.40. The van der Waals surface area contributed by atoms with Crippen molar-refractivity contribution in [2.45, 2.75) is 33.3 Å². The van der Waals surface area contributed by atoms with Crippen molar-refractivity contribution in [3.63, 3.8) is 0 Å². The molecule has 0 aliphatic heterocycles. The van der Waals surface area contributed by atoms with Crippen molar-refractivity contribution < 1.29 is 18.7 Å². The zero-order valence-corrected chi connectivity index (χ0v) is 14.9. The lowest BCUT2D eigenvalue weighted by Crippen LogP contribution is -2.32. The average Bonchev–Trinajstić information content (AvgIpc) is 3.10. The van der Waals surface area contributed by atoms with E-state index in [1.165, 1.54) is 6.39 Å². The maximum atomic E-state index is 12.5. The molecule has 3 rings (SSSR count). The molecule has 6 heteroatoms. The second kappa shape index (κ2) is 7.39. The number of hydrogen-bond acceptors (Lipinski definition) is 5. The smallest absolute Gasteiger partial charge is 0.339 e. The summed E-state index contributed by atoms with van der Waals surface area (Å²) in [5, 5.41) is 2.84. The molecule has 6 nitrogen and oxygen atoms in total. The average molecular weight is 352 g/mol. The number of aryl methyl sites for hydroxylation is 2. The molecule has 0 aliphatic carbocycles. The van der Waals surface area contributed by atoms with Gasteiger partial charge in [-0.15, -0.1) is 0 Å². The van der Waals surface area contributed by atoms with Crippen LogP contribution in [-0.4, -0.2) is 23.0 Å². The molecule has 0 radical (unpaired) electrons. The Morgan fingerprint density at radius 2 is 2.00 bits per heavy atom. The zero-order valence-electron chi connectivity index (χ0n) is 14.9. The summed E-state index contributed by atoms with van der Waals surface area (Å²) < 4.78 is 10.6. The van der Waals surface area contributed by atoms with Gasteiger partial charge >= 0.3 is 5.97 Å². The van der Waals surface area contributed by atoms with Crippen LogP contribution in [0.25, 0.3) is 11.1 Å². The maximum Gasteiger partial charge on any atom is 0.339 e. The number of benzene rings is 2. The molecular formula is C20H20N2O4. The summed E-state index contributed by atoms with van der Waals surface area (Å²) in [6, 6.07) is 10.6. The Hall–Kier alpha value is -3.15. The van der Waals surface area contributed by atoms with Crippen LogP contribution in [0.4, 0.5) is 5.69 Å². The van der Waals surface area contributed by atoms with E-state index in [1.54, 1.807) is 25.1 Å². The largest absolute Gasteiger partial charge is 0.449 e. The first-order chi connectivity index (χ1) is 12.5. The van der Waals surface area contributed by atoms with Gasteiger partial charge in [0.1, 0.15) is 5.52 Å². The van der Waals surface area contributed by atoms with Crippen LogP contribution in [-0.2, 0) is 9.53 Å². The minimum Gasteiger partial charge on any atom is -0.449 e. The number of rotatable bonds is 5. The predicted octanol–water partition coefficient (Wildman–Crippen LogP) is 4.02. The Kier molecular flexibility index (Phi) is 5.02. The van der Waals surface area contributed by atoms with E-state index in [4.69, 9.17) is 9.15 Å². The summed E-state index contributed by atoms with van der Waals surface area (Å²) in [6.45, 7) is 5.65. The lowest BCUT2D eigenvalue weighted by molar-refractivity contribution is -0.124. The fourth-order valence-corrected chi connectivity index (χ4v) is 2.59. The van der Waals surface area contributed by atoms with Gasteiger partial charge in [0.2, 0.25) is 0 Å². The van der Waals surface area contributed by atoms with E-state index in [-0.39, 0.29) is 5.91 Å². The van der Waals surface area contributed by atoms with Crippen LogP contribution in [0.15, 0.2) is 47.2 Å². The van der Waals surface area contributed by atoms with E-state index in [1.807, 2.05) is 32.0 Å². The number of hydrogen-bond donors (Lipinski definition) is 1. The Labute approximate surface area is 151 Å². The molecule has 0 bridgehead atoms. The lowest BCUT2D eigenvalue weighted by atomic mass is 10.1. The minimum atomic E-state index is -0.882. The summed E-state index contributed by atoms with van der Waals surface area (Å²) in [4.78, 5) is 28.9. The Morgan fingerprint density at radius 1 is 1.19 bits per heavy atom. The predicted molar refractivity (Wildman–Crippen MR) is 98.0 cm³/mol. The van der Waals surface area contributed by atoms with Crippen LogP contribution in [0, 0.1) is 13.8 Å². The summed E-state index contributed by atoms with van der Waals surface area (Å²) in [7, 11) is 0. The van der Waals surface area contributed by atoms with E-state index in [2.05, 4.69) is 10.3 Å². The van der Waals surface area contributed by atoms with Gasteiger partial charge in [0.05, 0.1) is 5.56 Å². The van der Waals surface area contributed by atoms with E-state index in [9.17, 15) is 9.59 Å². The van der Waals surface area contributed by atoms with Gasteiger partial charge in [-0.1, -0.05) is 19.1 Å². The van der Waals surface area contributed by atoms with Gasteiger partial charge in [-0.2, -0.15) is 0 Å². The maximum absolute atomic E-state index is 12.5. The summed E-state index contributed by atoms with van der Waals surface area (Å²) >= 11 is 0. The number of ether oxygens (including phenoxy) is 1. The first-order valence-electron chi connectivity index (χ1n) is 8.40. The van der Waals surface area contributed by atoms with E-state index in [0.717, 1.165) is 11.1 Å². The van der Waals surface area contributed by atoms with Crippen molar-refractivity contribution in [3.05, 3.63) is 59.5 Å². The standard InChI is InChI=1S/C20H20N2O4/c1-4-17(19(23)22-16-9-12(2)5-6-13(16)3)26-20(24)14-7-8-15-18(10-14)25-11-21-15/h5-11,17H,4H2,1-3H3,(H,22,23). The molecule has 0 saturated heterocycles. The minimum absolute atomic E-state index is 0.312. The molecular weight excluding hydrogens is 332 g/mol. The first kappa shape index (κ1) is 17.7. The molecule has 0 spiro atoms. The molecule has 134 valence electrons. The van der Waals surface area contributed by atoms with Crippen LogP contribution in [0.5, 0.6) is 0 Å². The highest BCUT2D eigenvalue weighted by Crippen LogP contribution is 2.19. The van der Waals surface area contributed by atoms with Gasteiger partial charge in [0.25, 0.3) is 5.91 Å². The van der Waals surface area contributed by atoms with E-state index >= 15 is 0 Å². The quantitative estimate of drug-likeness (QED) is 0.702. The third kappa shape index (κ3) is 3.74. The number of anilines is 1. The number of nitrogens with zero attached hydrogens (tertiary/aromatic N) is 1. The molecule has 1 atom stereocenters. The fraction of sp³-hybridized carbons (Fsp3) is 0.250.